The highest BCUT2D eigenvalue weighted by Gasteiger charge is 2.46. The van der Waals surface area contributed by atoms with Crippen molar-refractivity contribution in [1.82, 2.24) is 4.90 Å². The number of amides is 4. The molecule has 0 saturated carbocycles. The summed E-state index contributed by atoms with van der Waals surface area (Å²) in [5.74, 6) is -1.54. The Bertz CT molecular complexity index is 1340. The minimum atomic E-state index is -1.11. The van der Waals surface area contributed by atoms with E-state index < -0.39 is 35.7 Å². The van der Waals surface area contributed by atoms with Crippen LogP contribution in [0, 0.1) is 5.82 Å². The second-order valence-corrected chi connectivity index (χ2v) is 8.48. The number of halogens is 1. The highest BCUT2D eigenvalue weighted by Crippen LogP contribution is 2.29. The van der Waals surface area contributed by atoms with E-state index in [-0.39, 0.29) is 30.8 Å². The van der Waals surface area contributed by atoms with Crippen molar-refractivity contribution < 1.29 is 33.0 Å². The Hall–Kier alpha value is -4.73. The van der Waals surface area contributed by atoms with Crippen molar-refractivity contribution in [1.29, 1.82) is 0 Å². The van der Waals surface area contributed by atoms with Crippen molar-refractivity contribution in [2.75, 3.05) is 23.9 Å². The lowest BCUT2D eigenvalue weighted by atomic mass is 10.1. The third kappa shape index (κ3) is 5.80. The number of ether oxygens (including phenoxy) is 2. The van der Waals surface area contributed by atoms with Crippen molar-refractivity contribution in [2.24, 2.45) is 0 Å². The van der Waals surface area contributed by atoms with Gasteiger partial charge in [-0.25, -0.2) is 18.9 Å². The average molecular weight is 520 g/mol. The first-order valence-electron chi connectivity index (χ1n) is 11.9. The predicted molar refractivity (Wildman–Crippen MR) is 137 cm³/mol. The van der Waals surface area contributed by atoms with Gasteiger partial charge in [-0.2, -0.15) is 0 Å². The zero-order valence-electron chi connectivity index (χ0n) is 20.8. The van der Waals surface area contributed by atoms with Crippen LogP contribution in [0.15, 0.2) is 72.8 Å². The molecule has 3 aromatic rings. The van der Waals surface area contributed by atoms with Crippen molar-refractivity contribution in [2.45, 2.75) is 25.9 Å². The Morgan fingerprint density at radius 3 is 2.37 bits per heavy atom. The molecular formula is C28H26FN3O6. The number of benzene rings is 3. The third-order valence-corrected chi connectivity index (χ3v) is 5.95. The molecule has 1 fully saturated rings. The van der Waals surface area contributed by atoms with Crippen LogP contribution in [-0.2, 0) is 20.9 Å². The van der Waals surface area contributed by atoms with Gasteiger partial charge in [0.25, 0.3) is 5.91 Å². The summed E-state index contributed by atoms with van der Waals surface area (Å²) in [6.45, 7) is 1.96. The number of hydrogen-bond acceptors (Lipinski definition) is 6. The summed E-state index contributed by atoms with van der Waals surface area (Å²) >= 11 is 0. The van der Waals surface area contributed by atoms with Crippen molar-refractivity contribution in [3.8, 4) is 5.75 Å². The van der Waals surface area contributed by atoms with E-state index in [1.807, 2.05) is 0 Å². The number of esters is 1. The van der Waals surface area contributed by atoms with Gasteiger partial charge in [0, 0.05) is 12.2 Å². The number of imide groups is 1. The summed E-state index contributed by atoms with van der Waals surface area (Å²) in [5.41, 5.74) is 1.53. The Labute approximate surface area is 218 Å². The smallest absolute Gasteiger partial charge is 0.338 e. The van der Waals surface area contributed by atoms with E-state index in [0.717, 1.165) is 22.6 Å². The van der Waals surface area contributed by atoms with Crippen LogP contribution in [0.3, 0.4) is 0 Å². The van der Waals surface area contributed by atoms with Gasteiger partial charge in [-0.3, -0.25) is 9.59 Å². The highest BCUT2D eigenvalue weighted by atomic mass is 19.1. The van der Waals surface area contributed by atoms with E-state index >= 15 is 0 Å². The normalized spacial score (nSPS) is 15.0. The van der Waals surface area contributed by atoms with Crippen LogP contribution in [0.25, 0.3) is 0 Å². The maximum atomic E-state index is 13.5. The van der Waals surface area contributed by atoms with Crippen molar-refractivity contribution >= 4 is 35.2 Å². The summed E-state index contributed by atoms with van der Waals surface area (Å²) < 4.78 is 23.6. The van der Waals surface area contributed by atoms with Gasteiger partial charge in [0.15, 0.2) is 0 Å². The maximum Gasteiger partial charge on any atom is 0.338 e. The number of carbonyl (C=O) groups is 4. The first kappa shape index (κ1) is 26.3. The van der Waals surface area contributed by atoms with Gasteiger partial charge >= 0.3 is 12.0 Å². The van der Waals surface area contributed by atoms with E-state index in [4.69, 9.17) is 9.47 Å². The van der Waals surface area contributed by atoms with Crippen LogP contribution in [0.5, 0.6) is 5.75 Å². The van der Waals surface area contributed by atoms with Gasteiger partial charge in [0.1, 0.15) is 17.6 Å². The molecule has 1 heterocycles. The molecule has 3 aromatic carbocycles. The van der Waals surface area contributed by atoms with E-state index in [9.17, 15) is 23.6 Å². The van der Waals surface area contributed by atoms with Gasteiger partial charge in [-0.1, -0.05) is 18.2 Å². The molecular weight excluding hydrogens is 493 g/mol. The van der Waals surface area contributed by atoms with Crippen LogP contribution in [0.4, 0.5) is 20.6 Å². The quantitative estimate of drug-likeness (QED) is 0.332. The highest BCUT2D eigenvalue weighted by molar-refractivity contribution is 6.22. The molecule has 10 heteroatoms. The Morgan fingerprint density at radius 1 is 1.00 bits per heavy atom. The Kier molecular flexibility index (Phi) is 8.00. The summed E-state index contributed by atoms with van der Waals surface area (Å²) in [7, 11) is 1.54. The van der Waals surface area contributed by atoms with E-state index in [0.29, 0.717) is 11.4 Å². The van der Waals surface area contributed by atoms with Gasteiger partial charge < -0.3 is 19.7 Å². The van der Waals surface area contributed by atoms with Gasteiger partial charge in [-0.15, -0.1) is 0 Å². The first-order valence-corrected chi connectivity index (χ1v) is 11.9. The third-order valence-electron chi connectivity index (χ3n) is 5.95. The first-order chi connectivity index (χ1) is 18.3. The molecule has 0 radical (unpaired) electrons. The number of carbonyl (C=O) groups excluding carboxylic acids is 4. The van der Waals surface area contributed by atoms with Gasteiger partial charge in [0.2, 0.25) is 5.91 Å². The summed E-state index contributed by atoms with van der Waals surface area (Å²) in [4.78, 5) is 54.1. The number of methoxy groups -OCH3 is 1. The minimum Gasteiger partial charge on any atom is -0.497 e. The molecule has 196 valence electrons. The average Bonchev–Trinajstić information content (AvgIpc) is 3.13. The maximum absolute atomic E-state index is 13.5. The van der Waals surface area contributed by atoms with Gasteiger partial charge in [0.05, 0.1) is 31.4 Å². The molecule has 1 unspecified atom stereocenters. The lowest BCUT2D eigenvalue weighted by molar-refractivity contribution is -0.124. The van der Waals surface area contributed by atoms with Crippen LogP contribution < -0.4 is 15.0 Å². The summed E-state index contributed by atoms with van der Waals surface area (Å²) in [5, 5.41) is 2.68. The number of nitrogens with zero attached hydrogens (tertiary/aromatic N) is 2. The molecule has 1 aliphatic rings. The molecule has 0 bridgehead atoms. The number of hydrogen-bond donors (Lipinski definition) is 1. The molecule has 4 amide bonds. The monoisotopic (exact) mass is 519 g/mol. The molecule has 38 heavy (non-hydrogen) atoms. The van der Waals surface area contributed by atoms with Gasteiger partial charge in [-0.05, 0) is 67.1 Å². The van der Waals surface area contributed by atoms with E-state index in [2.05, 4.69) is 5.32 Å². The Morgan fingerprint density at radius 2 is 1.71 bits per heavy atom. The largest absolute Gasteiger partial charge is 0.497 e. The lowest BCUT2D eigenvalue weighted by Gasteiger charge is -2.22. The number of urea groups is 1. The second-order valence-electron chi connectivity index (χ2n) is 8.48. The number of anilines is 2. The molecule has 1 saturated heterocycles. The van der Waals surface area contributed by atoms with Crippen molar-refractivity contribution in [3.05, 3.63) is 89.7 Å². The van der Waals surface area contributed by atoms with Crippen LogP contribution in [0.1, 0.15) is 29.3 Å². The standard InChI is InChI=1S/C28H26FN3O6/c1-3-38-27(35)19-5-4-6-21(15-19)30-25(33)16-24-26(34)32(22-11-9-20(29)10-12-22)28(36)31(24)17-18-7-13-23(37-2)14-8-18/h4-15,24H,3,16-17H2,1-2H3,(H,30,33). The Balaban J connectivity index is 1.57. The van der Waals surface area contributed by atoms with Crippen LogP contribution in [-0.4, -0.2) is 48.5 Å². The molecule has 9 nitrogen and oxygen atoms in total. The molecule has 4 rings (SSSR count). The molecule has 0 aliphatic carbocycles. The molecule has 1 atom stereocenters. The second kappa shape index (κ2) is 11.5. The number of rotatable bonds is 9. The molecule has 0 spiro atoms. The SMILES string of the molecule is CCOC(=O)c1cccc(NC(=O)CC2C(=O)N(c3ccc(F)cc3)C(=O)N2Cc2ccc(OC)cc2)c1. The molecule has 1 aliphatic heterocycles. The fourth-order valence-electron chi connectivity index (χ4n) is 4.10. The van der Waals surface area contributed by atoms with Crippen LogP contribution in [0.2, 0.25) is 0 Å². The summed E-state index contributed by atoms with van der Waals surface area (Å²) in [6, 6.07) is 16.4. The fourth-order valence-corrected chi connectivity index (χ4v) is 4.10. The molecule has 0 aromatic heterocycles. The van der Waals surface area contributed by atoms with E-state index in [1.54, 1.807) is 49.4 Å². The van der Waals surface area contributed by atoms with Crippen molar-refractivity contribution in [3.63, 3.8) is 0 Å². The zero-order valence-corrected chi connectivity index (χ0v) is 20.8. The topological polar surface area (TPSA) is 105 Å². The lowest BCUT2D eigenvalue weighted by Crippen LogP contribution is -2.37. The van der Waals surface area contributed by atoms with E-state index in [1.165, 1.54) is 30.2 Å². The molecule has 1 N–H and O–H groups in total. The fraction of sp³-hybridized carbons (Fsp3) is 0.214. The van der Waals surface area contributed by atoms with Crippen LogP contribution >= 0.6 is 0 Å². The minimum absolute atomic E-state index is 0.0581. The predicted octanol–water partition coefficient (Wildman–Crippen LogP) is 4.38. The summed E-state index contributed by atoms with van der Waals surface area (Å²) in [6.07, 6.45) is -0.331. The zero-order chi connectivity index (χ0) is 27.2. The number of nitrogens with one attached hydrogen (secondary N) is 1.